The van der Waals surface area contributed by atoms with E-state index in [-0.39, 0.29) is 10.9 Å². The second-order valence-corrected chi connectivity index (χ2v) is 7.05. The van der Waals surface area contributed by atoms with Gasteiger partial charge in [0.1, 0.15) is 0 Å². The summed E-state index contributed by atoms with van der Waals surface area (Å²) in [5.41, 5.74) is 8.17. The molecule has 0 radical (unpaired) electrons. The van der Waals surface area contributed by atoms with Gasteiger partial charge in [-0.3, -0.25) is 0 Å². The molecule has 2 N–H and O–H groups in total. The topological polar surface area (TPSA) is 72.6 Å². The van der Waals surface area contributed by atoms with E-state index in [1.54, 1.807) is 13.2 Å². The number of ether oxygens (including phenoxy) is 1. The van der Waals surface area contributed by atoms with Crippen LogP contribution in [0.2, 0.25) is 0 Å². The molecule has 1 aromatic carbocycles. The molecule has 114 valence electrons. The van der Waals surface area contributed by atoms with Crippen molar-refractivity contribution in [3.8, 4) is 0 Å². The maximum absolute atomic E-state index is 12.7. The Morgan fingerprint density at radius 1 is 1.30 bits per heavy atom. The minimum Gasteiger partial charge on any atom is -0.398 e. The fraction of sp³-hybridized carbons (Fsp3) is 0.571. The summed E-state index contributed by atoms with van der Waals surface area (Å²) >= 11 is 0. The highest BCUT2D eigenvalue weighted by molar-refractivity contribution is 7.89. The van der Waals surface area contributed by atoms with Crippen LogP contribution in [-0.2, 0) is 14.8 Å². The molecular formula is C14H24N2O3S. The van der Waals surface area contributed by atoms with E-state index in [1.807, 2.05) is 27.7 Å². The first kappa shape index (κ1) is 16.9. The average Bonchev–Trinajstić information content (AvgIpc) is 2.35. The zero-order chi connectivity index (χ0) is 15.5. The van der Waals surface area contributed by atoms with E-state index in [9.17, 15) is 8.42 Å². The van der Waals surface area contributed by atoms with Crippen LogP contribution in [0.15, 0.2) is 17.0 Å². The van der Waals surface area contributed by atoms with Gasteiger partial charge < -0.3 is 10.5 Å². The molecule has 1 rings (SSSR count). The Morgan fingerprint density at radius 3 is 2.35 bits per heavy atom. The third-order valence-corrected chi connectivity index (χ3v) is 5.43. The van der Waals surface area contributed by atoms with Gasteiger partial charge in [-0.05, 0) is 51.0 Å². The molecule has 0 aromatic heterocycles. The lowest BCUT2D eigenvalue weighted by molar-refractivity contribution is 0.171. The van der Waals surface area contributed by atoms with Gasteiger partial charge in [0.05, 0.1) is 11.5 Å². The second kappa shape index (κ2) is 6.56. The first-order valence-electron chi connectivity index (χ1n) is 6.59. The number of benzene rings is 1. The Morgan fingerprint density at radius 2 is 1.90 bits per heavy atom. The van der Waals surface area contributed by atoms with Gasteiger partial charge in [-0.2, -0.15) is 4.31 Å². The minimum absolute atomic E-state index is 0.141. The van der Waals surface area contributed by atoms with Gasteiger partial charge in [0.15, 0.2) is 0 Å². The van der Waals surface area contributed by atoms with Crippen molar-refractivity contribution in [1.82, 2.24) is 4.31 Å². The first-order chi connectivity index (χ1) is 9.21. The molecule has 0 saturated carbocycles. The lowest BCUT2D eigenvalue weighted by atomic mass is 10.1. The summed E-state index contributed by atoms with van der Waals surface area (Å²) in [6, 6.07) is 3.06. The van der Waals surface area contributed by atoms with Crippen molar-refractivity contribution < 1.29 is 13.2 Å². The smallest absolute Gasteiger partial charge is 0.243 e. The molecule has 0 heterocycles. The van der Waals surface area contributed by atoms with Gasteiger partial charge >= 0.3 is 0 Å². The Bertz CT molecular complexity index is 545. The third-order valence-electron chi connectivity index (χ3n) is 3.38. The van der Waals surface area contributed by atoms with Gasteiger partial charge in [0, 0.05) is 25.4 Å². The van der Waals surface area contributed by atoms with E-state index in [1.165, 1.54) is 10.4 Å². The summed E-state index contributed by atoms with van der Waals surface area (Å²) in [6.07, 6.45) is 0. The fourth-order valence-electron chi connectivity index (χ4n) is 1.97. The zero-order valence-corrected chi connectivity index (χ0v) is 13.6. The number of nitrogens with two attached hydrogens (primary N) is 1. The van der Waals surface area contributed by atoms with Gasteiger partial charge in [-0.1, -0.05) is 0 Å². The lowest BCUT2D eigenvalue weighted by Crippen LogP contribution is -2.39. The summed E-state index contributed by atoms with van der Waals surface area (Å²) in [4.78, 5) is 0.239. The highest BCUT2D eigenvalue weighted by Gasteiger charge is 2.27. The number of rotatable bonds is 6. The van der Waals surface area contributed by atoms with Gasteiger partial charge in [0.25, 0.3) is 0 Å². The molecule has 5 nitrogen and oxygen atoms in total. The summed E-state index contributed by atoms with van der Waals surface area (Å²) in [5.74, 6) is 0. The zero-order valence-electron chi connectivity index (χ0n) is 12.8. The van der Waals surface area contributed by atoms with E-state index in [2.05, 4.69) is 0 Å². The monoisotopic (exact) mass is 300 g/mol. The van der Waals surface area contributed by atoms with Crippen molar-refractivity contribution in [1.29, 1.82) is 0 Å². The molecule has 1 aromatic rings. The van der Waals surface area contributed by atoms with Crippen LogP contribution in [0.4, 0.5) is 5.69 Å². The maximum Gasteiger partial charge on any atom is 0.243 e. The maximum atomic E-state index is 12.7. The number of aryl methyl sites for hydroxylation is 1. The molecule has 0 spiro atoms. The predicted octanol–water partition coefficient (Wildman–Crippen LogP) is 1.93. The van der Waals surface area contributed by atoms with Crippen LogP contribution in [0.5, 0.6) is 0 Å². The lowest BCUT2D eigenvalue weighted by Gasteiger charge is -2.26. The standard InChI is InChI=1S/C14H24N2O3S/c1-10(2)16(6-7-19-5)20(17,18)13-8-11(3)12(4)14(15)9-13/h8-10H,6-7,15H2,1-5H3. The molecule has 0 fully saturated rings. The van der Waals surface area contributed by atoms with E-state index < -0.39 is 10.0 Å². The molecule has 0 amide bonds. The largest absolute Gasteiger partial charge is 0.398 e. The molecular weight excluding hydrogens is 276 g/mol. The number of anilines is 1. The minimum atomic E-state index is -3.56. The second-order valence-electron chi connectivity index (χ2n) is 5.16. The summed E-state index contributed by atoms with van der Waals surface area (Å²) in [6.45, 7) is 8.11. The van der Waals surface area contributed by atoms with Crippen LogP contribution in [0.25, 0.3) is 0 Å². The molecule has 20 heavy (non-hydrogen) atoms. The van der Waals surface area contributed by atoms with Crippen LogP contribution in [0, 0.1) is 13.8 Å². The number of nitrogens with zero attached hydrogens (tertiary/aromatic N) is 1. The molecule has 0 aliphatic carbocycles. The summed E-state index contributed by atoms with van der Waals surface area (Å²) < 4.78 is 31.8. The molecule has 6 heteroatoms. The number of methoxy groups -OCH3 is 1. The Kier molecular flexibility index (Phi) is 5.56. The fourth-order valence-corrected chi connectivity index (χ4v) is 3.72. The molecule has 0 aliphatic heterocycles. The molecule has 0 atom stereocenters. The first-order valence-corrected chi connectivity index (χ1v) is 8.03. The number of hydrogen-bond donors (Lipinski definition) is 1. The number of hydrogen-bond acceptors (Lipinski definition) is 4. The van der Waals surface area contributed by atoms with Crippen LogP contribution in [0.3, 0.4) is 0 Å². The van der Waals surface area contributed by atoms with E-state index >= 15 is 0 Å². The quantitative estimate of drug-likeness (QED) is 0.815. The van der Waals surface area contributed by atoms with Crippen LogP contribution in [0.1, 0.15) is 25.0 Å². The van der Waals surface area contributed by atoms with Crippen molar-refractivity contribution in [2.24, 2.45) is 0 Å². The van der Waals surface area contributed by atoms with E-state index in [4.69, 9.17) is 10.5 Å². The van der Waals surface area contributed by atoms with Crippen LogP contribution < -0.4 is 5.73 Å². The van der Waals surface area contributed by atoms with Gasteiger partial charge in [-0.25, -0.2) is 8.42 Å². The van der Waals surface area contributed by atoms with Crippen molar-refractivity contribution in [2.75, 3.05) is 26.0 Å². The third kappa shape index (κ3) is 3.50. The SMILES string of the molecule is COCCN(C(C)C)S(=O)(=O)c1cc(C)c(C)c(N)c1. The summed E-state index contributed by atoms with van der Waals surface area (Å²) in [5, 5.41) is 0. The Hall–Kier alpha value is -1.11. The van der Waals surface area contributed by atoms with Crippen LogP contribution >= 0.6 is 0 Å². The average molecular weight is 300 g/mol. The van der Waals surface area contributed by atoms with E-state index in [0.717, 1.165) is 11.1 Å². The van der Waals surface area contributed by atoms with Crippen molar-refractivity contribution >= 4 is 15.7 Å². The summed E-state index contributed by atoms with van der Waals surface area (Å²) in [7, 11) is -2.01. The highest BCUT2D eigenvalue weighted by Crippen LogP contribution is 2.25. The molecule has 0 bridgehead atoms. The Balaban J connectivity index is 3.26. The number of sulfonamides is 1. The number of nitrogen functional groups attached to an aromatic ring is 1. The molecule has 0 saturated heterocycles. The molecule has 0 unspecified atom stereocenters. The van der Waals surface area contributed by atoms with Gasteiger partial charge in [-0.15, -0.1) is 0 Å². The predicted molar refractivity (Wildman–Crippen MR) is 81.2 cm³/mol. The van der Waals surface area contributed by atoms with Crippen LogP contribution in [-0.4, -0.2) is 39.0 Å². The highest BCUT2D eigenvalue weighted by atomic mass is 32.2. The van der Waals surface area contributed by atoms with Gasteiger partial charge in [0.2, 0.25) is 10.0 Å². The van der Waals surface area contributed by atoms with Crippen molar-refractivity contribution in [3.05, 3.63) is 23.3 Å². The Labute approximate surface area is 121 Å². The normalized spacial score (nSPS) is 12.3. The molecule has 0 aliphatic rings. The van der Waals surface area contributed by atoms with E-state index in [0.29, 0.717) is 18.8 Å². The van der Waals surface area contributed by atoms with Crippen molar-refractivity contribution in [3.63, 3.8) is 0 Å². The van der Waals surface area contributed by atoms with Crippen molar-refractivity contribution in [2.45, 2.75) is 38.6 Å².